The van der Waals surface area contributed by atoms with E-state index < -0.39 is 29.7 Å². The number of carbonyl (C=O) groups excluding carboxylic acids is 3. The number of carbonyl (C=O) groups is 3. The molecule has 28 heavy (non-hydrogen) atoms. The second-order valence-electron chi connectivity index (χ2n) is 8.44. The summed E-state index contributed by atoms with van der Waals surface area (Å²) in [5.74, 6) is 0.118. The van der Waals surface area contributed by atoms with Crippen molar-refractivity contribution in [3.8, 4) is 0 Å². The molecule has 0 unspecified atom stereocenters. The lowest BCUT2D eigenvalue weighted by atomic mass is 10.1. The Morgan fingerprint density at radius 2 is 2.07 bits per heavy atom. The van der Waals surface area contributed by atoms with E-state index in [0.29, 0.717) is 25.1 Å². The maximum absolute atomic E-state index is 13.1. The molecule has 2 atom stereocenters. The summed E-state index contributed by atoms with van der Waals surface area (Å²) in [4.78, 5) is 46.0. The van der Waals surface area contributed by atoms with Crippen LogP contribution in [-0.4, -0.2) is 57.0 Å². The van der Waals surface area contributed by atoms with Gasteiger partial charge in [-0.15, -0.1) is 0 Å². The van der Waals surface area contributed by atoms with Crippen LogP contribution in [0, 0.1) is 0 Å². The molecular weight excluding hydrogens is 362 g/mol. The van der Waals surface area contributed by atoms with Crippen molar-refractivity contribution in [3.63, 3.8) is 0 Å². The first-order valence-corrected chi connectivity index (χ1v) is 9.61. The molecule has 2 heterocycles. The van der Waals surface area contributed by atoms with Crippen LogP contribution in [-0.2, 0) is 20.7 Å². The standard InChI is InChI=1S/C19H31N5O4/c1-11(2)16-21-10-12(22-16)9-13(23-18(27)28-19(3,4)5)17(26)24-8-6-7-14(24)15(20)25/h10-11,13-14H,6-9H2,1-5H3,(H2,20,25)(H,21,22)(H,23,27)/t13-,14-/m0/s1. The maximum Gasteiger partial charge on any atom is 0.408 e. The number of alkyl carbamates (subject to hydrolysis) is 1. The van der Waals surface area contributed by atoms with Crippen molar-refractivity contribution < 1.29 is 19.1 Å². The Morgan fingerprint density at radius 3 is 2.61 bits per heavy atom. The largest absolute Gasteiger partial charge is 0.444 e. The Labute approximate surface area is 165 Å². The number of H-pyrrole nitrogens is 1. The van der Waals surface area contributed by atoms with Crippen LogP contribution < -0.4 is 11.1 Å². The summed E-state index contributed by atoms with van der Waals surface area (Å²) in [6, 6.07) is -1.54. The molecule has 3 amide bonds. The third kappa shape index (κ3) is 5.71. The van der Waals surface area contributed by atoms with Crippen LogP contribution >= 0.6 is 0 Å². The molecule has 1 fully saturated rings. The molecule has 1 aliphatic heterocycles. The first kappa shape index (κ1) is 21.7. The lowest BCUT2D eigenvalue weighted by molar-refractivity contribution is -0.139. The number of likely N-dealkylation sites (tertiary alicyclic amines) is 1. The van der Waals surface area contributed by atoms with Crippen LogP contribution in [0.25, 0.3) is 0 Å². The number of ether oxygens (including phenoxy) is 1. The first-order valence-electron chi connectivity index (χ1n) is 9.61. The number of aromatic nitrogens is 2. The minimum Gasteiger partial charge on any atom is -0.444 e. The summed E-state index contributed by atoms with van der Waals surface area (Å²) in [7, 11) is 0. The van der Waals surface area contributed by atoms with Crippen molar-refractivity contribution in [2.75, 3.05) is 6.54 Å². The average molecular weight is 393 g/mol. The second-order valence-corrected chi connectivity index (χ2v) is 8.44. The first-order chi connectivity index (χ1) is 13.0. The van der Waals surface area contributed by atoms with Crippen molar-refractivity contribution in [2.24, 2.45) is 5.73 Å². The molecular formula is C19H31N5O4. The molecule has 2 rings (SSSR count). The average Bonchev–Trinajstić information content (AvgIpc) is 3.21. The summed E-state index contributed by atoms with van der Waals surface area (Å²) < 4.78 is 5.30. The molecule has 156 valence electrons. The zero-order chi connectivity index (χ0) is 21.1. The van der Waals surface area contributed by atoms with E-state index in [1.807, 2.05) is 13.8 Å². The number of rotatable bonds is 6. The van der Waals surface area contributed by atoms with Crippen molar-refractivity contribution in [2.45, 2.75) is 77.5 Å². The van der Waals surface area contributed by atoms with E-state index in [4.69, 9.17) is 10.5 Å². The van der Waals surface area contributed by atoms with Crippen molar-refractivity contribution in [1.82, 2.24) is 20.2 Å². The molecule has 9 nitrogen and oxygen atoms in total. The molecule has 1 aliphatic rings. The third-order valence-corrected chi connectivity index (χ3v) is 4.47. The van der Waals surface area contributed by atoms with Gasteiger partial charge in [0.05, 0.1) is 0 Å². The van der Waals surface area contributed by atoms with Gasteiger partial charge in [0.25, 0.3) is 0 Å². The van der Waals surface area contributed by atoms with Gasteiger partial charge in [-0.25, -0.2) is 9.78 Å². The number of nitrogens with one attached hydrogen (secondary N) is 2. The van der Waals surface area contributed by atoms with Crippen molar-refractivity contribution >= 4 is 17.9 Å². The van der Waals surface area contributed by atoms with E-state index >= 15 is 0 Å². The Kier molecular flexibility index (Phi) is 6.69. The summed E-state index contributed by atoms with van der Waals surface area (Å²) >= 11 is 0. The van der Waals surface area contributed by atoms with Gasteiger partial charge in [-0.2, -0.15) is 0 Å². The van der Waals surface area contributed by atoms with Crippen molar-refractivity contribution in [1.29, 1.82) is 0 Å². The zero-order valence-corrected chi connectivity index (χ0v) is 17.2. The van der Waals surface area contributed by atoms with E-state index in [9.17, 15) is 14.4 Å². The van der Waals surface area contributed by atoms with Gasteiger partial charge in [-0.1, -0.05) is 13.8 Å². The van der Waals surface area contributed by atoms with Gasteiger partial charge in [-0.05, 0) is 33.6 Å². The minimum atomic E-state index is -0.893. The molecule has 0 saturated carbocycles. The number of hydrogen-bond acceptors (Lipinski definition) is 5. The molecule has 9 heteroatoms. The van der Waals surface area contributed by atoms with Crippen LogP contribution in [0.5, 0.6) is 0 Å². The van der Waals surface area contributed by atoms with E-state index in [2.05, 4.69) is 15.3 Å². The van der Waals surface area contributed by atoms with Gasteiger partial charge < -0.3 is 25.7 Å². The van der Waals surface area contributed by atoms with Crippen LogP contribution in [0.3, 0.4) is 0 Å². The number of primary amides is 1. The SMILES string of the molecule is CC(C)c1ncc(C[C@H](NC(=O)OC(C)(C)C)C(=O)N2CCC[C@H]2C(N)=O)[nH]1. The molecule has 4 N–H and O–H groups in total. The molecule has 1 saturated heterocycles. The van der Waals surface area contributed by atoms with Gasteiger partial charge in [-0.3, -0.25) is 9.59 Å². The quantitative estimate of drug-likeness (QED) is 0.673. The zero-order valence-electron chi connectivity index (χ0n) is 17.2. The molecule has 1 aromatic heterocycles. The summed E-state index contributed by atoms with van der Waals surface area (Å²) in [6.07, 6.45) is 2.40. The summed E-state index contributed by atoms with van der Waals surface area (Å²) in [5, 5.41) is 2.64. The van der Waals surface area contributed by atoms with E-state index in [1.165, 1.54) is 4.90 Å². The van der Waals surface area contributed by atoms with Crippen LogP contribution in [0.1, 0.15) is 64.9 Å². The lowest BCUT2D eigenvalue weighted by Crippen LogP contribution is -2.54. The van der Waals surface area contributed by atoms with Crippen molar-refractivity contribution in [3.05, 3.63) is 17.7 Å². The van der Waals surface area contributed by atoms with Gasteiger partial charge in [0, 0.05) is 30.8 Å². The van der Waals surface area contributed by atoms with Crippen LogP contribution in [0.15, 0.2) is 6.20 Å². The number of nitrogens with two attached hydrogens (primary N) is 1. The highest BCUT2D eigenvalue weighted by molar-refractivity contribution is 5.91. The Hall–Kier alpha value is -2.58. The molecule has 0 bridgehead atoms. The molecule has 0 radical (unpaired) electrons. The number of aromatic amines is 1. The molecule has 0 aliphatic carbocycles. The monoisotopic (exact) mass is 393 g/mol. The molecule has 0 spiro atoms. The third-order valence-electron chi connectivity index (χ3n) is 4.47. The molecule has 0 aromatic carbocycles. The highest BCUT2D eigenvalue weighted by Gasteiger charge is 2.37. The Morgan fingerprint density at radius 1 is 1.39 bits per heavy atom. The predicted molar refractivity (Wildman–Crippen MR) is 103 cm³/mol. The van der Waals surface area contributed by atoms with E-state index in [0.717, 1.165) is 5.82 Å². The van der Waals surface area contributed by atoms with Crippen LogP contribution in [0.4, 0.5) is 4.79 Å². The molecule has 1 aromatic rings. The number of imidazole rings is 1. The fraction of sp³-hybridized carbons (Fsp3) is 0.684. The van der Waals surface area contributed by atoms with Gasteiger partial charge >= 0.3 is 6.09 Å². The summed E-state index contributed by atoms with van der Waals surface area (Å²) in [6.45, 7) is 9.68. The van der Waals surface area contributed by atoms with Gasteiger partial charge in [0.1, 0.15) is 23.5 Å². The lowest BCUT2D eigenvalue weighted by Gasteiger charge is -2.28. The fourth-order valence-electron chi connectivity index (χ4n) is 3.17. The predicted octanol–water partition coefficient (Wildman–Crippen LogP) is 1.45. The van der Waals surface area contributed by atoms with E-state index in [-0.39, 0.29) is 18.2 Å². The minimum absolute atomic E-state index is 0.208. The smallest absolute Gasteiger partial charge is 0.408 e. The Bertz CT molecular complexity index is 722. The van der Waals surface area contributed by atoms with Crippen LogP contribution in [0.2, 0.25) is 0 Å². The second kappa shape index (κ2) is 8.62. The number of hydrogen-bond donors (Lipinski definition) is 3. The van der Waals surface area contributed by atoms with Gasteiger partial charge in [0.15, 0.2) is 0 Å². The summed E-state index contributed by atoms with van der Waals surface area (Å²) in [5.41, 5.74) is 5.46. The maximum atomic E-state index is 13.1. The van der Waals surface area contributed by atoms with E-state index in [1.54, 1.807) is 27.0 Å². The van der Waals surface area contributed by atoms with Gasteiger partial charge in [0.2, 0.25) is 11.8 Å². The fourth-order valence-corrected chi connectivity index (χ4v) is 3.17. The number of nitrogens with zero attached hydrogens (tertiary/aromatic N) is 2. The highest BCUT2D eigenvalue weighted by atomic mass is 16.6. The topological polar surface area (TPSA) is 130 Å². The normalized spacial score (nSPS) is 18.2. The highest BCUT2D eigenvalue weighted by Crippen LogP contribution is 2.20. The number of amides is 3. The Balaban J connectivity index is 2.20.